The number of esters is 1. The van der Waals surface area contributed by atoms with Gasteiger partial charge in [0.25, 0.3) is 11.6 Å². The number of rotatable bonds is 10. The lowest BCUT2D eigenvalue weighted by atomic mass is 9.99. The molecule has 35 heavy (non-hydrogen) atoms. The van der Waals surface area contributed by atoms with Crippen LogP contribution in [-0.2, 0) is 14.3 Å². The number of nitrogens with one attached hydrogen (secondary N) is 1. The summed E-state index contributed by atoms with van der Waals surface area (Å²) in [6, 6.07) is 17.7. The molecule has 0 fully saturated rings. The van der Waals surface area contributed by atoms with Crippen molar-refractivity contribution >= 4 is 46.5 Å². The lowest BCUT2D eigenvalue weighted by Gasteiger charge is -2.18. The molecule has 3 aromatic rings. The predicted octanol–water partition coefficient (Wildman–Crippen LogP) is 4.56. The molecule has 0 bridgehead atoms. The van der Waals surface area contributed by atoms with Gasteiger partial charge in [-0.25, -0.2) is 0 Å². The second-order valence-electron chi connectivity index (χ2n) is 7.09. The summed E-state index contributed by atoms with van der Waals surface area (Å²) in [5, 5.41) is 13.9. The van der Waals surface area contributed by atoms with Gasteiger partial charge < -0.3 is 14.8 Å². The van der Waals surface area contributed by atoms with Crippen molar-refractivity contribution in [3.05, 3.63) is 104 Å². The molecule has 0 aliphatic rings. The van der Waals surface area contributed by atoms with Gasteiger partial charge in [0, 0.05) is 28.3 Å². The van der Waals surface area contributed by atoms with E-state index in [-0.39, 0.29) is 27.6 Å². The van der Waals surface area contributed by atoms with Crippen LogP contribution in [0.25, 0.3) is 0 Å². The van der Waals surface area contributed by atoms with Crippen LogP contribution in [0.5, 0.6) is 5.75 Å². The van der Waals surface area contributed by atoms with Gasteiger partial charge >= 0.3 is 5.97 Å². The molecule has 180 valence electrons. The number of hydrogen-bond donors (Lipinski definition) is 1. The number of benzene rings is 3. The van der Waals surface area contributed by atoms with Crippen LogP contribution in [-0.4, -0.2) is 35.7 Å². The minimum absolute atomic E-state index is 0.181. The molecule has 0 unspecified atom stereocenters. The van der Waals surface area contributed by atoms with Crippen LogP contribution < -0.4 is 10.1 Å². The fraction of sp³-hybridized carbons (Fsp3) is 0.125. The zero-order chi connectivity index (χ0) is 25.4. The van der Waals surface area contributed by atoms with Crippen molar-refractivity contribution in [1.82, 2.24) is 5.32 Å². The molecule has 3 aromatic carbocycles. The summed E-state index contributed by atoms with van der Waals surface area (Å²) < 4.78 is 10.6. The van der Waals surface area contributed by atoms with Gasteiger partial charge in [0.15, 0.2) is 12.7 Å². The number of carbonyl (C=O) groups excluding carboxylic acids is 3. The van der Waals surface area contributed by atoms with Gasteiger partial charge in [0.05, 0.1) is 9.95 Å². The first-order valence-corrected chi connectivity index (χ1v) is 10.9. The van der Waals surface area contributed by atoms with Crippen LogP contribution in [0, 0.1) is 10.1 Å². The third-order valence-electron chi connectivity index (χ3n) is 4.63. The molecule has 0 aromatic heterocycles. The summed E-state index contributed by atoms with van der Waals surface area (Å²) in [6.45, 7) is -0.967. The number of ketones is 1. The van der Waals surface area contributed by atoms with Gasteiger partial charge in [-0.3, -0.25) is 24.5 Å². The molecule has 0 spiro atoms. The van der Waals surface area contributed by atoms with Gasteiger partial charge in [-0.15, -0.1) is 0 Å². The van der Waals surface area contributed by atoms with Crippen molar-refractivity contribution in [1.29, 1.82) is 0 Å². The summed E-state index contributed by atoms with van der Waals surface area (Å²) >= 11 is 11.8. The monoisotopic (exact) mass is 516 g/mol. The van der Waals surface area contributed by atoms with E-state index in [1.165, 1.54) is 36.4 Å². The number of carbonyl (C=O) groups is 3. The summed E-state index contributed by atoms with van der Waals surface area (Å²) in [5.41, 5.74) is 0.338. The smallest absolute Gasteiger partial charge is 0.326 e. The molecule has 11 heteroatoms. The normalized spacial score (nSPS) is 11.3. The minimum atomic E-state index is -1.37. The van der Waals surface area contributed by atoms with Crippen molar-refractivity contribution in [2.45, 2.75) is 6.10 Å². The third-order valence-corrected chi connectivity index (χ3v) is 5.17. The topological polar surface area (TPSA) is 125 Å². The van der Waals surface area contributed by atoms with Crippen LogP contribution in [0.2, 0.25) is 10.0 Å². The Morgan fingerprint density at radius 2 is 1.66 bits per heavy atom. The zero-order valence-corrected chi connectivity index (χ0v) is 19.5. The zero-order valence-electron chi connectivity index (χ0n) is 18.0. The van der Waals surface area contributed by atoms with Crippen LogP contribution in [0.1, 0.15) is 22.0 Å². The van der Waals surface area contributed by atoms with Gasteiger partial charge in [0.1, 0.15) is 12.3 Å². The Balaban J connectivity index is 1.64. The Morgan fingerprint density at radius 3 is 2.29 bits per heavy atom. The second kappa shape index (κ2) is 12.0. The van der Waals surface area contributed by atoms with E-state index in [0.29, 0.717) is 5.02 Å². The average Bonchev–Trinajstić information content (AvgIpc) is 2.85. The molecule has 0 aliphatic carbocycles. The number of nitrogens with zero attached hydrogens (tertiary/aromatic N) is 1. The molecular weight excluding hydrogens is 499 g/mol. The number of Topliss-reactive ketones (excluding diaryl/α,β-unsaturated/α-hetero) is 1. The molecule has 0 radical (unpaired) electrons. The fourth-order valence-electron chi connectivity index (χ4n) is 2.93. The van der Waals surface area contributed by atoms with Crippen molar-refractivity contribution in [3.63, 3.8) is 0 Å². The van der Waals surface area contributed by atoms with E-state index < -0.39 is 41.8 Å². The maximum absolute atomic E-state index is 13.0. The van der Waals surface area contributed by atoms with Crippen molar-refractivity contribution in [2.24, 2.45) is 0 Å². The Labute approximate surface area is 209 Å². The van der Waals surface area contributed by atoms with E-state index in [1.807, 2.05) is 0 Å². The highest BCUT2D eigenvalue weighted by molar-refractivity contribution is 6.35. The largest absolute Gasteiger partial charge is 0.482 e. The van der Waals surface area contributed by atoms with Crippen molar-refractivity contribution in [3.8, 4) is 5.75 Å². The quantitative estimate of drug-likeness (QED) is 0.181. The van der Waals surface area contributed by atoms with Gasteiger partial charge in [-0.05, 0) is 30.3 Å². The Hall–Kier alpha value is -3.95. The first-order chi connectivity index (χ1) is 16.7. The number of hydrogen-bond acceptors (Lipinski definition) is 7. The molecule has 1 N–H and O–H groups in total. The number of halogens is 2. The number of amides is 1. The molecule has 1 amide bonds. The summed E-state index contributed by atoms with van der Waals surface area (Å²) in [5.74, 6) is -1.81. The Bertz CT molecular complexity index is 1230. The van der Waals surface area contributed by atoms with Gasteiger partial charge in [-0.2, -0.15) is 0 Å². The van der Waals surface area contributed by atoms with E-state index in [1.54, 1.807) is 36.4 Å². The van der Waals surface area contributed by atoms with E-state index in [2.05, 4.69) is 5.32 Å². The summed E-state index contributed by atoms with van der Waals surface area (Å²) in [4.78, 5) is 47.9. The Kier molecular flexibility index (Phi) is 8.77. The second-order valence-corrected chi connectivity index (χ2v) is 7.93. The highest BCUT2D eigenvalue weighted by atomic mass is 35.5. The maximum atomic E-state index is 13.0. The molecule has 0 heterocycles. The van der Waals surface area contributed by atoms with Crippen LogP contribution in [0.3, 0.4) is 0 Å². The highest BCUT2D eigenvalue weighted by Gasteiger charge is 2.27. The van der Waals surface area contributed by atoms with E-state index in [0.717, 1.165) is 0 Å². The molecule has 3 rings (SSSR count). The highest BCUT2D eigenvalue weighted by Crippen LogP contribution is 2.27. The molecule has 0 saturated carbocycles. The molecule has 9 nitrogen and oxygen atoms in total. The first kappa shape index (κ1) is 25.7. The molecule has 0 saturated heterocycles. The van der Waals surface area contributed by atoms with Crippen molar-refractivity contribution in [2.75, 3.05) is 13.2 Å². The number of nitro benzene ring substituents is 1. The predicted molar refractivity (Wildman–Crippen MR) is 128 cm³/mol. The standard InChI is InChI=1S/C24H18Cl2N2O7/c25-17-8-11-20(19(26)12-17)34-14-21(29)27-13-22(30)35-24(23(31)15-4-2-1-3-5-15)16-6-9-18(10-7-16)28(32)33/h1-12,24H,13-14H2,(H,27,29)/t24-/m1/s1. The van der Waals surface area contributed by atoms with Gasteiger partial charge in [0.2, 0.25) is 5.78 Å². The minimum Gasteiger partial charge on any atom is -0.482 e. The average molecular weight is 517 g/mol. The van der Waals surface area contributed by atoms with Crippen LogP contribution >= 0.6 is 23.2 Å². The van der Waals surface area contributed by atoms with E-state index in [9.17, 15) is 24.5 Å². The number of nitro groups is 1. The summed E-state index contributed by atoms with van der Waals surface area (Å²) in [7, 11) is 0. The van der Waals surface area contributed by atoms with Crippen molar-refractivity contribution < 1.29 is 28.8 Å². The Morgan fingerprint density at radius 1 is 0.971 bits per heavy atom. The lowest BCUT2D eigenvalue weighted by molar-refractivity contribution is -0.384. The van der Waals surface area contributed by atoms with Crippen LogP contribution in [0.15, 0.2) is 72.8 Å². The number of non-ortho nitro benzene ring substituents is 1. The molecule has 1 atom stereocenters. The van der Waals surface area contributed by atoms with E-state index >= 15 is 0 Å². The molecule has 0 aliphatic heterocycles. The first-order valence-electron chi connectivity index (χ1n) is 10.1. The lowest BCUT2D eigenvalue weighted by Crippen LogP contribution is -2.35. The SMILES string of the molecule is O=C(COc1ccc(Cl)cc1Cl)NCC(=O)O[C@@H](C(=O)c1ccccc1)c1ccc([N+](=O)[O-])cc1. The summed E-state index contributed by atoms with van der Waals surface area (Å²) in [6.07, 6.45) is -1.37. The molecular formula is C24H18Cl2N2O7. The number of ether oxygens (including phenoxy) is 2. The van der Waals surface area contributed by atoms with E-state index in [4.69, 9.17) is 32.7 Å². The third kappa shape index (κ3) is 7.26. The van der Waals surface area contributed by atoms with Gasteiger partial charge in [-0.1, -0.05) is 53.5 Å². The maximum Gasteiger partial charge on any atom is 0.326 e. The van der Waals surface area contributed by atoms with Crippen LogP contribution in [0.4, 0.5) is 5.69 Å². The fourth-order valence-corrected chi connectivity index (χ4v) is 3.39.